The summed E-state index contributed by atoms with van der Waals surface area (Å²) in [6.45, 7) is 1.98. The van der Waals surface area contributed by atoms with Crippen molar-refractivity contribution in [2.75, 3.05) is 31.4 Å². The molecule has 1 aromatic heterocycles. The molecule has 2 aromatic carbocycles. The van der Waals surface area contributed by atoms with Crippen LogP contribution in [0.25, 0.3) is 10.9 Å². The molecule has 0 fully saturated rings. The summed E-state index contributed by atoms with van der Waals surface area (Å²) in [5.74, 6) is 0.595. The lowest BCUT2D eigenvalue weighted by Gasteiger charge is -2.15. The van der Waals surface area contributed by atoms with Gasteiger partial charge in [0.2, 0.25) is 0 Å². The average molecular weight is 323 g/mol. The van der Waals surface area contributed by atoms with E-state index in [1.807, 2.05) is 68.4 Å². The number of H-pyrrole nitrogens is 1. The topological polar surface area (TPSA) is 57.4 Å². The van der Waals surface area contributed by atoms with Crippen molar-refractivity contribution in [1.82, 2.24) is 4.98 Å². The molecule has 0 saturated carbocycles. The molecule has 5 nitrogen and oxygen atoms in total. The zero-order valence-corrected chi connectivity index (χ0v) is 14.3. The van der Waals surface area contributed by atoms with Crippen molar-refractivity contribution < 1.29 is 9.53 Å². The van der Waals surface area contributed by atoms with Crippen LogP contribution in [0.5, 0.6) is 5.75 Å². The maximum atomic E-state index is 12.5. The number of hydrogen-bond donors (Lipinski definition) is 2. The molecule has 0 aliphatic rings. The van der Waals surface area contributed by atoms with Crippen LogP contribution in [0.15, 0.2) is 42.5 Å². The molecular weight excluding hydrogens is 302 g/mol. The zero-order chi connectivity index (χ0) is 17.3. The third-order valence-electron chi connectivity index (χ3n) is 4.05. The number of nitrogens with one attached hydrogen (secondary N) is 2. The van der Waals surface area contributed by atoms with Gasteiger partial charge in [-0.3, -0.25) is 4.79 Å². The fourth-order valence-electron chi connectivity index (χ4n) is 2.61. The summed E-state index contributed by atoms with van der Waals surface area (Å²) in [6, 6.07) is 13.5. The van der Waals surface area contributed by atoms with E-state index in [-0.39, 0.29) is 5.91 Å². The molecule has 3 rings (SSSR count). The highest BCUT2D eigenvalue weighted by atomic mass is 16.5. The number of hydrogen-bond acceptors (Lipinski definition) is 3. The van der Waals surface area contributed by atoms with Gasteiger partial charge in [-0.25, -0.2) is 0 Å². The van der Waals surface area contributed by atoms with Gasteiger partial charge in [0.25, 0.3) is 5.91 Å². The molecule has 2 N–H and O–H groups in total. The number of methoxy groups -OCH3 is 1. The van der Waals surface area contributed by atoms with E-state index < -0.39 is 0 Å². The summed E-state index contributed by atoms with van der Waals surface area (Å²) in [7, 11) is 5.61. The Balaban J connectivity index is 1.84. The summed E-state index contributed by atoms with van der Waals surface area (Å²) in [5.41, 5.74) is 4.32. The first-order valence-electron chi connectivity index (χ1n) is 7.74. The molecule has 1 heterocycles. The molecule has 0 bridgehead atoms. The van der Waals surface area contributed by atoms with Gasteiger partial charge in [-0.05, 0) is 48.9 Å². The van der Waals surface area contributed by atoms with Gasteiger partial charge >= 0.3 is 0 Å². The van der Waals surface area contributed by atoms with Gasteiger partial charge in [0.15, 0.2) is 0 Å². The Morgan fingerprint density at radius 1 is 1.12 bits per heavy atom. The minimum atomic E-state index is -0.161. The van der Waals surface area contributed by atoms with Gasteiger partial charge in [0, 0.05) is 42.4 Å². The summed E-state index contributed by atoms with van der Waals surface area (Å²) in [6.07, 6.45) is 0. The van der Waals surface area contributed by atoms with E-state index in [0.717, 1.165) is 33.6 Å². The second kappa shape index (κ2) is 6.28. The third kappa shape index (κ3) is 3.06. The van der Waals surface area contributed by atoms with Gasteiger partial charge < -0.3 is 19.9 Å². The first-order chi connectivity index (χ1) is 11.5. The van der Waals surface area contributed by atoms with Gasteiger partial charge in [-0.2, -0.15) is 0 Å². The summed E-state index contributed by atoms with van der Waals surface area (Å²) >= 11 is 0. The number of anilines is 2. The average Bonchev–Trinajstić information content (AvgIpc) is 2.99. The lowest BCUT2D eigenvalue weighted by molar-refractivity contribution is 0.102. The van der Waals surface area contributed by atoms with Crippen LogP contribution in [0, 0.1) is 6.92 Å². The second-order valence-corrected chi connectivity index (χ2v) is 5.98. The number of ether oxygens (including phenoxy) is 1. The summed E-state index contributed by atoms with van der Waals surface area (Å²) in [4.78, 5) is 17.7. The fourth-order valence-corrected chi connectivity index (χ4v) is 2.61. The quantitative estimate of drug-likeness (QED) is 0.768. The first kappa shape index (κ1) is 15.9. The van der Waals surface area contributed by atoms with E-state index in [2.05, 4.69) is 10.3 Å². The number of nitrogens with zero attached hydrogens (tertiary/aromatic N) is 1. The highest BCUT2D eigenvalue weighted by molar-refractivity contribution is 6.06. The van der Waals surface area contributed by atoms with E-state index >= 15 is 0 Å². The molecule has 0 atom stereocenters. The van der Waals surface area contributed by atoms with Crippen molar-refractivity contribution in [3.8, 4) is 5.75 Å². The number of carbonyl (C=O) groups is 1. The van der Waals surface area contributed by atoms with Crippen LogP contribution in [-0.4, -0.2) is 32.1 Å². The SMILES string of the molecule is COc1ccc2cc(C(=O)Nc3ccc(N(C)C)cc3C)[nH]c2c1. The first-order valence-corrected chi connectivity index (χ1v) is 7.74. The van der Waals surface area contributed by atoms with Crippen molar-refractivity contribution in [3.05, 3.63) is 53.7 Å². The molecule has 0 aliphatic heterocycles. The van der Waals surface area contributed by atoms with Crippen LogP contribution in [-0.2, 0) is 0 Å². The van der Waals surface area contributed by atoms with Crippen LogP contribution < -0.4 is 15.0 Å². The number of rotatable bonds is 4. The van der Waals surface area contributed by atoms with Crippen molar-refractivity contribution in [2.45, 2.75) is 6.92 Å². The van der Waals surface area contributed by atoms with Gasteiger partial charge in [-0.1, -0.05) is 0 Å². The van der Waals surface area contributed by atoms with Crippen molar-refractivity contribution in [1.29, 1.82) is 0 Å². The predicted octanol–water partition coefficient (Wildman–Crippen LogP) is 3.80. The highest BCUT2D eigenvalue weighted by Gasteiger charge is 2.12. The number of benzene rings is 2. The molecule has 24 heavy (non-hydrogen) atoms. The van der Waals surface area contributed by atoms with E-state index in [9.17, 15) is 4.79 Å². The Bertz CT molecular complexity index is 897. The summed E-state index contributed by atoms with van der Waals surface area (Å²) in [5, 5.41) is 3.94. The van der Waals surface area contributed by atoms with Gasteiger partial charge in [0.05, 0.1) is 7.11 Å². The van der Waals surface area contributed by atoms with Crippen LogP contribution in [0.3, 0.4) is 0 Å². The number of fused-ring (bicyclic) bond motifs is 1. The maximum Gasteiger partial charge on any atom is 0.272 e. The smallest absolute Gasteiger partial charge is 0.272 e. The molecule has 0 unspecified atom stereocenters. The Morgan fingerprint density at radius 2 is 1.92 bits per heavy atom. The normalized spacial score (nSPS) is 10.7. The number of carbonyl (C=O) groups excluding carboxylic acids is 1. The molecule has 3 aromatic rings. The van der Waals surface area contributed by atoms with E-state index in [4.69, 9.17) is 4.74 Å². The highest BCUT2D eigenvalue weighted by Crippen LogP contribution is 2.24. The lowest BCUT2D eigenvalue weighted by atomic mass is 10.1. The van der Waals surface area contributed by atoms with Crippen molar-refractivity contribution in [3.63, 3.8) is 0 Å². The second-order valence-electron chi connectivity index (χ2n) is 5.98. The molecule has 5 heteroatoms. The van der Waals surface area contributed by atoms with E-state index in [0.29, 0.717) is 5.69 Å². The Kier molecular flexibility index (Phi) is 4.16. The molecule has 0 spiro atoms. The van der Waals surface area contributed by atoms with Gasteiger partial charge in [0.1, 0.15) is 11.4 Å². The molecule has 124 valence electrons. The summed E-state index contributed by atoms with van der Waals surface area (Å²) < 4.78 is 5.21. The Hall–Kier alpha value is -2.95. The number of aryl methyl sites for hydroxylation is 1. The fraction of sp³-hybridized carbons (Fsp3) is 0.211. The Labute approximate surface area is 141 Å². The number of amides is 1. The molecule has 1 amide bonds. The minimum absolute atomic E-state index is 0.161. The van der Waals surface area contributed by atoms with Crippen LogP contribution >= 0.6 is 0 Å². The van der Waals surface area contributed by atoms with Crippen LogP contribution in [0.2, 0.25) is 0 Å². The van der Waals surface area contributed by atoms with Crippen molar-refractivity contribution in [2.24, 2.45) is 0 Å². The molecule has 0 radical (unpaired) electrons. The largest absolute Gasteiger partial charge is 0.497 e. The van der Waals surface area contributed by atoms with E-state index in [1.165, 1.54) is 0 Å². The van der Waals surface area contributed by atoms with Crippen molar-refractivity contribution >= 4 is 28.2 Å². The standard InChI is InChI=1S/C19H21N3O2/c1-12-9-14(22(2)3)6-8-16(12)21-19(23)18-10-13-5-7-15(24-4)11-17(13)20-18/h5-11,20H,1-4H3,(H,21,23). The van der Waals surface area contributed by atoms with Crippen LogP contribution in [0.4, 0.5) is 11.4 Å². The maximum absolute atomic E-state index is 12.5. The zero-order valence-electron chi connectivity index (χ0n) is 14.3. The lowest BCUT2D eigenvalue weighted by Crippen LogP contribution is -2.14. The van der Waals surface area contributed by atoms with Gasteiger partial charge in [-0.15, -0.1) is 0 Å². The Morgan fingerprint density at radius 3 is 2.58 bits per heavy atom. The minimum Gasteiger partial charge on any atom is -0.497 e. The molecular formula is C19H21N3O2. The monoisotopic (exact) mass is 323 g/mol. The van der Waals surface area contributed by atoms with E-state index in [1.54, 1.807) is 7.11 Å². The number of aromatic nitrogens is 1. The third-order valence-corrected chi connectivity index (χ3v) is 4.05. The molecule has 0 saturated heterocycles. The number of aromatic amines is 1. The van der Waals surface area contributed by atoms with Crippen LogP contribution in [0.1, 0.15) is 16.1 Å². The molecule has 0 aliphatic carbocycles. The predicted molar refractivity (Wildman–Crippen MR) is 98.3 cm³/mol.